The van der Waals surface area contributed by atoms with Gasteiger partial charge in [-0.25, -0.2) is 0 Å². The van der Waals surface area contributed by atoms with Gasteiger partial charge < -0.3 is 9.64 Å². The fourth-order valence-corrected chi connectivity index (χ4v) is 2.51. The summed E-state index contributed by atoms with van der Waals surface area (Å²) in [5, 5.41) is 0. The number of benzene rings is 1. The molecule has 0 aromatic heterocycles. The first-order chi connectivity index (χ1) is 8.31. The minimum atomic E-state index is 0.748. The van der Waals surface area contributed by atoms with Crippen LogP contribution in [0.1, 0.15) is 17.5 Å². The Kier molecular flexibility index (Phi) is 4.75. The molecule has 17 heavy (non-hydrogen) atoms. The van der Waals surface area contributed by atoms with Crippen LogP contribution in [0.15, 0.2) is 18.2 Å². The zero-order chi connectivity index (χ0) is 12.1. The molecular formula is C14H21NOS. The van der Waals surface area contributed by atoms with Crippen molar-refractivity contribution in [2.75, 3.05) is 37.0 Å². The molecule has 1 aromatic rings. The van der Waals surface area contributed by atoms with Gasteiger partial charge in [0.1, 0.15) is 0 Å². The quantitative estimate of drug-likeness (QED) is 0.638. The molecule has 0 radical (unpaired) electrons. The van der Waals surface area contributed by atoms with Crippen LogP contribution in [0.2, 0.25) is 0 Å². The summed E-state index contributed by atoms with van der Waals surface area (Å²) in [5.41, 5.74) is 4.25. The summed E-state index contributed by atoms with van der Waals surface area (Å²) in [7, 11) is 0. The summed E-state index contributed by atoms with van der Waals surface area (Å²) in [6, 6.07) is 6.77. The largest absolute Gasteiger partial charge is 0.379 e. The topological polar surface area (TPSA) is 12.5 Å². The van der Waals surface area contributed by atoms with Gasteiger partial charge in [-0.3, -0.25) is 0 Å². The smallest absolute Gasteiger partial charge is 0.0642 e. The highest BCUT2D eigenvalue weighted by Crippen LogP contribution is 2.27. The van der Waals surface area contributed by atoms with E-state index in [1.165, 1.54) is 29.7 Å². The van der Waals surface area contributed by atoms with Crippen LogP contribution >= 0.6 is 12.6 Å². The molecule has 0 spiro atoms. The Morgan fingerprint density at radius 1 is 1.35 bits per heavy atom. The lowest BCUT2D eigenvalue weighted by Crippen LogP contribution is -2.32. The molecule has 1 aliphatic heterocycles. The number of thiol groups is 1. The highest BCUT2D eigenvalue weighted by Gasteiger charge is 2.16. The average Bonchev–Trinajstić information content (AvgIpc) is 2.34. The van der Waals surface area contributed by atoms with Gasteiger partial charge in [0.25, 0.3) is 0 Å². The summed E-state index contributed by atoms with van der Waals surface area (Å²) < 4.78 is 5.51. The van der Waals surface area contributed by atoms with E-state index in [-0.39, 0.29) is 0 Å². The Hall–Kier alpha value is -0.670. The predicted molar refractivity (Wildman–Crippen MR) is 76.4 cm³/mol. The van der Waals surface area contributed by atoms with E-state index in [4.69, 9.17) is 4.74 Å². The zero-order valence-corrected chi connectivity index (χ0v) is 11.4. The van der Waals surface area contributed by atoms with Gasteiger partial charge in [-0.05, 0) is 31.4 Å². The maximum atomic E-state index is 5.51. The van der Waals surface area contributed by atoms with E-state index in [1.54, 1.807) is 0 Å². The summed E-state index contributed by atoms with van der Waals surface area (Å²) in [5.74, 6) is 0.801. The van der Waals surface area contributed by atoms with E-state index < -0.39 is 0 Å². The van der Waals surface area contributed by atoms with Crippen molar-refractivity contribution in [3.05, 3.63) is 29.3 Å². The second-order valence-electron chi connectivity index (χ2n) is 4.56. The number of hydrogen-bond donors (Lipinski definition) is 1. The molecule has 0 atom stereocenters. The van der Waals surface area contributed by atoms with E-state index in [9.17, 15) is 0 Å². The minimum Gasteiger partial charge on any atom is -0.379 e. The van der Waals surface area contributed by atoms with Gasteiger partial charge in [0, 0.05) is 24.5 Å². The SMILES string of the molecule is Cc1ccc2c(c1)CCCN2CCOCCS. The van der Waals surface area contributed by atoms with Gasteiger partial charge in [0.05, 0.1) is 13.2 Å². The van der Waals surface area contributed by atoms with Gasteiger partial charge in [0.2, 0.25) is 0 Å². The van der Waals surface area contributed by atoms with Gasteiger partial charge >= 0.3 is 0 Å². The molecule has 3 heteroatoms. The highest BCUT2D eigenvalue weighted by atomic mass is 32.1. The molecule has 0 aliphatic carbocycles. The van der Waals surface area contributed by atoms with Crippen molar-refractivity contribution < 1.29 is 4.74 Å². The Bertz CT molecular complexity index is 367. The monoisotopic (exact) mass is 251 g/mol. The van der Waals surface area contributed by atoms with Crippen LogP contribution in [0.3, 0.4) is 0 Å². The van der Waals surface area contributed by atoms with Crippen LogP contribution in [0.5, 0.6) is 0 Å². The van der Waals surface area contributed by atoms with Crippen molar-refractivity contribution in [3.8, 4) is 0 Å². The van der Waals surface area contributed by atoms with Crippen molar-refractivity contribution in [2.24, 2.45) is 0 Å². The van der Waals surface area contributed by atoms with Crippen LogP contribution in [0.4, 0.5) is 5.69 Å². The van der Waals surface area contributed by atoms with Crippen molar-refractivity contribution in [1.82, 2.24) is 0 Å². The summed E-state index contributed by atoms with van der Waals surface area (Å²) in [6.45, 7) is 5.85. The molecule has 94 valence electrons. The van der Waals surface area contributed by atoms with Crippen molar-refractivity contribution in [1.29, 1.82) is 0 Å². The van der Waals surface area contributed by atoms with Crippen LogP contribution in [-0.2, 0) is 11.2 Å². The second-order valence-corrected chi connectivity index (χ2v) is 5.01. The van der Waals surface area contributed by atoms with Crippen LogP contribution < -0.4 is 4.90 Å². The van der Waals surface area contributed by atoms with E-state index in [0.717, 1.165) is 32.1 Å². The zero-order valence-electron chi connectivity index (χ0n) is 10.5. The van der Waals surface area contributed by atoms with Crippen LogP contribution in [-0.4, -0.2) is 32.1 Å². The Labute approximate surface area is 109 Å². The highest BCUT2D eigenvalue weighted by molar-refractivity contribution is 7.80. The van der Waals surface area contributed by atoms with E-state index in [1.807, 2.05) is 0 Å². The molecule has 0 bridgehead atoms. The first-order valence-corrected chi connectivity index (χ1v) is 6.97. The molecule has 2 nitrogen and oxygen atoms in total. The summed E-state index contributed by atoms with van der Waals surface area (Å²) >= 11 is 4.14. The molecule has 1 heterocycles. The Morgan fingerprint density at radius 3 is 3.06 bits per heavy atom. The van der Waals surface area contributed by atoms with E-state index >= 15 is 0 Å². The fraction of sp³-hybridized carbons (Fsp3) is 0.571. The van der Waals surface area contributed by atoms with Crippen LogP contribution in [0, 0.1) is 6.92 Å². The van der Waals surface area contributed by atoms with Crippen molar-refractivity contribution in [2.45, 2.75) is 19.8 Å². The first-order valence-electron chi connectivity index (χ1n) is 6.34. The maximum absolute atomic E-state index is 5.51. The average molecular weight is 251 g/mol. The number of hydrogen-bond acceptors (Lipinski definition) is 3. The molecule has 2 rings (SSSR count). The van der Waals surface area contributed by atoms with E-state index in [2.05, 4.69) is 42.7 Å². The number of fused-ring (bicyclic) bond motifs is 1. The summed E-state index contributed by atoms with van der Waals surface area (Å²) in [4.78, 5) is 2.44. The molecule has 0 saturated heterocycles. The van der Waals surface area contributed by atoms with E-state index in [0.29, 0.717) is 0 Å². The molecule has 1 aromatic carbocycles. The lowest BCUT2D eigenvalue weighted by atomic mass is 10.00. The van der Waals surface area contributed by atoms with Gasteiger partial charge in [-0.15, -0.1) is 0 Å². The number of aryl methyl sites for hydroxylation is 2. The molecule has 0 unspecified atom stereocenters. The third-order valence-corrected chi connectivity index (χ3v) is 3.37. The molecule has 1 aliphatic rings. The van der Waals surface area contributed by atoms with Gasteiger partial charge in [-0.1, -0.05) is 17.7 Å². The van der Waals surface area contributed by atoms with Crippen LogP contribution in [0.25, 0.3) is 0 Å². The third kappa shape index (κ3) is 3.39. The normalized spacial score (nSPS) is 14.8. The lowest BCUT2D eigenvalue weighted by molar-refractivity contribution is 0.156. The summed E-state index contributed by atoms with van der Waals surface area (Å²) in [6.07, 6.45) is 2.47. The number of nitrogens with zero attached hydrogens (tertiary/aromatic N) is 1. The standard InChI is InChI=1S/C14H21NOS/c1-12-4-5-14-13(11-12)3-2-6-15(14)7-8-16-9-10-17/h4-5,11,17H,2-3,6-10H2,1H3. The predicted octanol–water partition coefficient (Wildman–Crippen LogP) is 2.69. The second kappa shape index (κ2) is 6.31. The molecule has 0 saturated carbocycles. The van der Waals surface area contributed by atoms with Gasteiger partial charge in [-0.2, -0.15) is 12.6 Å². The van der Waals surface area contributed by atoms with Crippen molar-refractivity contribution >= 4 is 18.3 Å². The minimum absolute atomic E-state index is 0.748. The molecule has 0 amide bonds. The maximum Gasteiger partial charge on any atom is 0.0642 e. The molecule has 0 fully saturated rings. The Morgan fingerprint density at radius 2 is 2.24 bits per heavy atom. The lowest BCUT2D eigenvalue weighted by Gasteiger charge is -2.31. The first kappa shape index (κ1) is 12.8. The molecular weight excluding hydrogens is 230 g/mol. The van der Waals surface area contributed by atoms with Crippen molar-refractivity contribution in [3.63, 3.8) is 0 Å². The number of anilines is 1. The molecule has 0 N–H and O–H groups in total. The van der Waals surface area contributed by atoms with Gasteiger partial charge in [0.15, 0.2) is 0 Å². The third-order valence-electron chi connectivity index (χ3n) is 3.19. The Balaban J connectivity index is 1.97. The fourth-order valence-electron chi connectivity index (χ4n) is 2.38. The number of ether oxygens (including phenoxy) is 1. The number of rotatable bonds is 5.